The first-order chi connectivity index (χ1) is 14.6. The molecular formula is C22H27N5O2S. The Kier molecular flexibility index (Phi) is 6.42. The Morgan fingerprint density at radius 3 is 2.60 bits per heavy atom. The van der Waals surface area contributed by atoms with E-state index in [2.05, 4.69) is 50.9 Å². The number of anilines is 1. The summed E-state index contributed by atoms with van der Waals surface area (Å²) in [6.07, 6.45) is 5.21. The third kappa shape index (κ3) is 4.70. The number of piperidine rings is 1. The summed E-state index contributed by atoms with van der Waals surface area (Å²) >= 11 is 1.42. The first-order valence-corrected chi connectivity index (χ1v) is 11.3. The number of hydrogen-bond acceptors (Lipinski definition) is 6. The molecule has 1 aliphatic rings. The number of thioether (sulfide) groups is 1. The van der Waals surface area contributed by atoms with E-state index in [0.717, 1.165) is 35.6 Å². The third-order valence-corrected chi connectivity index (χ3v) is 6.18. The van der Waals surface area contributed by atoms with E-state index < -0.39 is 0 Å². The zero-order valence-corrected chi connectivity index (χ0v) is 18.3. The van der Waals surface area contributed by atoms with Gasteiger partial charge < -0.3 is 14.2 Å². The van der Waals surface area contributed by atoms with Gasteiger partial charge in [0, 0.05) is 20.1 Å². The monoisotopic (exact) mass is 425 g/mol. The molecule has 1 fully saturated rings. The van der Waals surface area contributed by atoms with Gasteiger partial charge in [-0.15, -0.1) is 10.2 Å². The quantitative estimate of drug-likeness (QED) is 0.535. The number of aryl methyl sites for hydroxylation is 1. The number of hydrogen-bond donors (Lipinski definition) is 0. The smallest absolute Gasteiger partial charge is 0.233 e. The second-order valence-electron chi connectivity index (χ2n) is 7.62. The fraction of sp³-hybridized carbons (Fsp3) is 0.409. The lowest BCUT2D eigenvalue weighted by atomic mass is 10.1. The number of aromatic nitrogens is 3. The summed E-state index contributed by atoms with van der Waals surface area (Å²) < 4.78 is 7.42. The predicted molar refractivity (Wildman–Crippen MR) is 118 cm³/mol. The van der Waals surface area contributed by atoms with Crippen molar-refractivity contribution in [3.63, 3.8) is 0 Å². The van der Waals surface area contributed by atoms with Crippen molar-refractivity contribution >= 4 is 23.6 Å². The number of carbonyl (C=O) groups is 1. The molecule has 8 heteroatoms. The molecule has 3 heterocycles. The highest BCUT2D eigenvalue weighted by molar-refractivity contribution is 7.99. The number of carbonyl (C=O) groups excluding carboxylic acids is 1. The van der Waals surface area contributed by atoms with Crippen molar-refractivity contribution in [1.82, 2.24) is 19.7 Å². The Balaban J connectivity index is 1.52. The Morgan fingerprint density at radius 2 is 1.90 bits per heavy atom. The van der Waals surface area contributed by atoms with Crippen molar-refractivity contribution < 1.29 is 9.21 Å². The van der Waals surface area contributed by atoms with Crippen LogP contribution in [0.1, 0.15) is 30.6 Å². The van der Waals surface area contributed by atoms with E-state index in [0.29, 0.717) is 12.3 Å². The highest BCUT2D eigenvalue weighted by Gasteiger charge is 2.22. The first-order valence-electron chi connectivity index (χ1n) is 10.3. The van der Waals surface area contributed by atoms with Crippen LogP contribution < -0.4 is 4.90 Å². The third-order valence-electron chi connectivity index (χ3n) is 5.27. The maximum Gasteiger partial charge on any atom is 0.233 e. The largest absolute Gasteiger partial charge is 0.467 e. The van der Waals surface area contributed by atoms with Crippen molar-refractivity contribution in [1.29, 1.82) is 0 Å². The van der Waals surface area contributed by atoms with Gasteiger partial charge in [-0.05, 0) is 50.5 Å². The molecule has 0 spiro atoms. The summed E-state index contributed by atoms with van der Waals surface area (Å²) in [6, 6.07) is 12.0. The number of nitrogens with zero attached hydrogens (tertiary/aromatic N) is 5. The molecule has 30 heavy (non-hydrogen) atoms. The summed E-state index contributed by atoms with van der Waals surface area (Å²) in [5.41, 5.74) is 2.22. The van der Waals surface area contributed by atoms with Crippen molar-refractivity contribution in [3.05, 3.63) is 54.0 Å². The van der Waals surface area contributed by atoms with E-state index in [1.165, 1.54) is 36.6 Å². The van der Waals surface area contributed by atoms with Crippen LogP contribution in [0, 0.1) is 6.92 Å². The van der Waals surface area contributed by atoms with Crippen LogP contribution in [0.4, 0.5) is 5.95 Å². The number of rotatable bonds is 7. The van der Waals surface area contributed by atoms with Gasteiger partial charge >= 0.3 is 0 Å². The SMILES string of the molecule is Cc1ccc(-n2c(SCC(=O)N(C)Cc3ccco3)nnc2N2CCCCC2)cc1. The molecule has 0 aliphatic carbocycles. The maximum absolute atomic E-state index is 12.6. The molecule has 0 radical (unpaired) electrons. The minimum Gasteiger partial charge on any atom is -0.467 e. The topological polar surface area (TPSA) is 67.4 Å². The predicted octanol–water partition coefficient (Wildman–Crippen LogP) is 3.91. The van der Waals surface area contributed by atoms with Crippen LogP contribution in [0.3, 0.4) is 0 Å². The van der Waals surface area contributed by atoms with Gasteiger partial charge in [-0.1, -0.05) is 29.5 Å². The Morgan fingerprint density at radius 1 is 1.13 bits per heavy atom. The average Bonchev–Trinajstić information content (AvgIpc) is 3.43. The highest BCUT2D eigenvalue weighted by Crippen LogP contribution is 2.28. The molecule has 0 N–H and O–H groups in total. The molecule has 4 rings (SSSR count). The van der Waals surface area contributed by atoms with Gasteiger partial charge in [0.25, 0.3) is 0 Å². The standard InChI is InChI=1S/C22H27N5O2S/c1-17-8-10-18(11-9-17)27-21(26-12-4-3-5-13-26)23-24-22(27)30-16-20(28)25(2)15-19-7-6-14-29-19/h6-11,14H,3-5,12-13,15-16H2,1-2H3. The zero-order chi connectivity index (χ0) is 20.9. The van der Waals surface area contributed by atoms with Crippen LogP contribution in [-0.4, -0.2) is 51.5 Å². The lowest BCUT2D eigenvalue weighted by Crippen LogP contribution is -2.31. The molecule has 0 atom stereocenters. The molecule has 0 unspecified atom stereocenters. The van der Waals surface area contributed by atoms with Crippen molar-refractivity contribution in [2.24, 2.45) is 0 Å². The van der Waals surface area contributed by atoms with E-state index >= 15 is 0 Å². The van der Waals surface area contributed by atoms with Crippen LogP contribution in [0.15, 0.2) is 52.2 Å². The highest BCUT2D eigenvalue weighted by atomic mass is 32.2. The van der Waals surface area contributed by atoms with Crippen LogP contribution in [-0.2, 0) is 11.3 Å². The summed E-state index contributed by atoms with van der Waals surface area (Å²) in [6.45, 7) is 4.50. The van der Waals surface area contributed by atoms with Gasteiger partial charge in [0.2, 0.25) is 11.9 Å². The van der Waals surface area contributed by atoms with Gasteiger partial charge in [-0.3, -0.25) is 9.36 Å². The minimum atomic E-state index is 0.0226. The molecular weight excluding hydrogens is 398 g/mol. The molecule has 2 aromatic heterocycles. The Bertz CT molecular complexity index is 962. The van der Waals surface area contributed by atoms with Crippen LogP contribution in [0.5, 0.6) is 0 Å². The Labute approximate surface area is 181 Å². The molecule has 0 saturated carbocycles. The number of amides is 1. The summed E-state index contributed by atoms with van der Waals surface area (Å²) in [5, 5.41) is 9.68. The van der Waals surface area contributed by atoms with Crippen LogP contribution in [0.2, 0.25) is 0 Å². The number of furan rings is 1. The van der Waals surface area contributed by atoms with Gasteiger partial charge in [0.15, 0.2) is 5.16 Å². The molecule has 158 valence electrons. The minimum absolute atomic E-state index is 0.0226. The van der Waals surface area contributed by atoms with Gasteiger partial charge in [0.1, 0.15) is 5.76 Å². The molecule has 0 bridgehead atoms. The van der Waals surface area contributed by atoms with Gasteiger partial charge in [0.05, 0.1) is 24.2 Å². The number of benzene rings is 1. The second-order valence-corrected chi connectivity index (χ2v) is 8.56. The fourth-order valence-electron chi connectivity index (χ4n) is 3.54. The molecule has 1 aliphatic heterocycles. The molecule has 1 amide bonds. The average molecular weight is 426 g/mol. The van der Waals surface area contributed by atoms with E-state index in [4.69, 9.17) is 4.42 Å². The summed E-state index contributed by atoms with van der Waals surface area (Å²) in [5.74, 6) is 1.94. The second kappa shape index (κ2) is 9.38. The van der Waals surface area contributed by atoms with E-state index in [1.54, 1.807) is 18.2 Å². The summed E-state index contributed by atoms with van der Waals surface area (Å²) in [4.78, 5) is 16.6. The molecule has 1 aromatic carbocycles. The van der Waals surface area contributed by atoms with E-state index in [9.17, 15) is 4.79 Å². The van der Waals surface area contributed by atoms with Gasteiger partial charge in [-0.2, -0.15) is 0 Å². The van der Waals surface area contributed by atoms with E-state index in [1.807, 2.05) is 12.1 Å². The Hall–Kier alpha value is -2.74. The van der Waals surface area contributed by atoms with Crippen molar-refractivity contribution in [2.75, 3.05) is 30.8 Å². The molecule has 7 nitrogen and oxygen atoms in total. The lowest BCUT2D eigenvalue weighted by Gasteiger charge is -2.27. The first kappa shape index (κ1) is 20.5. The molecule has 1 saturated heterocycles. The van der Waals surface area contributed by atoms with Crippen molar-refractivity contribution in [2.45, 2.75) is 37.9 Å². The zero-order valence-electron chi connectivity index (χ0n) is 17.5. The normalized spacial score (nSPS) is 14.1. The molecule has 3 aromatic rings. The van der Waals surface area contributed by atoms with Crippen LogP contribution >= 0.6 is 11.8 Å². The lowest BCUT2D eigenvalue weighted by molar-refractivity contribution is -0.127. The van der Waals surface area contributed by atoms with E-state index in [-0.39, 0.29) is 5.91 Å². The van der Waals surface area contributed by atoms with Gasteiger partial charge in [-0.25, -0.2) is 0 Å². The van der Waals surface area contributed by atoms with Crippen molar-refractivity contribution in [3.8, 4) is 5.69 Å². The van der Waals surface area contributed by atoms with Crippen LogP contribution in [0.25, 0.3) is 5.69 Å². The fourth-order valence-corrected chi connectivity index (χ4v) is 4.42. The summed E-state index contributed by atoms with van der Waals surface area (Å²) in [7, 11) is 1.79. The maximum atomic E-state index is 12.6.